The van der Waals surface area contributed by atoms with Crippen molar-refractivity contribution in [3.05, 3.63) is 22.2 Å². The Kier molecular flexibility index (Phi) is 6.30. The van der Waals surface area contributed by atoms with Gasteiger partial charge in [0.1, 0.15) is 0 Å². The number of hydrogen-bond acceptors (Lipinski definition) is 4. The van der Waals surface area contributed by atoms with E-state index in [-0.39, 0.29) is 18.0 Å². The second kappa shape index (κ2) is 8.02. The fraction of sp³-hybridized carbons (Fsp3) is 0.588. The van der Waals surface area contributed by atoms with E-state index in [0.717, 1.165) is 17.4 Å². The van der Waals surface area contributed by atoms with Gasteiger partial charge in [-0.25, -0.2) is 0 Å². The molecule has 0 aromatic heterocycles. The molecule has 0 aliphatic carbocycles. The SMILES string of the molecule is CCCOc1c(Br)cc(C(=O)N2CCNC(C)C2C)cc1OC. The van der Waals surface area contributed by atoms with Crippen LogP contribution < -0.4 is 14.8 Å². The molecule has 1 N–H and O–H groups in total. The molecule has 2 atom stereocenters. The molecule has 1 aliphatic rings. The van der Waals surface area contributed by atoms with Gasteiger partial charge in [-0.3, -0.25) is 4.79 Å². The van der Waals surface area contributed by atoms with Gasteiger partial charge in [0, 0.05) is 30.7 Å². The Hall–Kier alpha value is -1.27. The fourth-order valence-electron chi connectivity index (χ4n) is 2.70. The van der Waals surface area contributed by atoms with Crippen molar-refractivity contribution in [2.24, 2.45) is 0 Å². The van der Waals surface area contributed by atoms with Crippen molar-refractivity contribution >= 4 is 21.8 Å². The van der Waals surface area contributed by atoms with Gasteiger partial charge in [-0.1, -0.05) is 6.92 Å². The average molecular weight is 385 g/mol. The van der Waals surface area contributed by atoms with Crippen molar-refractivity contribution in [2.45, 2.75) is 39.3 Å². The van der Waals surface area contributed by atoms with E-state index in [1.807, 2.05) is 17.9 Å². The molecule has 23 heavy (non-hydrogen) atoms. The van der Waals surface area contributed by atoms with Gasteiger partial charge in [-0.05, 0) is 48.3 Å². The van der Waals surface area contributed by atoms with Crippen molar-refractivity contribution in [2.75, 3.05) is 26.8 Å². The Bertz CT molecular complexity index is 565. The zero-order chi connectivity index (χ0) is 17.0. The number of rotatable bonds is 5. The minimum atomic E-state index is 0.0203. The number of ether oxygens (including phenoxy) is 2. The highest BCUT2D eigenvalue weighted by atomic mass is 79.9. The van der Waals surface area contributed by atoms with Gasteiger partial charge in [-0.2, -0.15) is 0 Å². The van der Waals surface area contributed by atoms with E-state index >= 15 is 0 Å². The van der Waals surface area contributed by atoms with Crippen LogP contribution in [0.2, 0.25) is 0 Å². The van der Waals surface area contributed by atoms with Crippen molar-refractivity contribution in [3.63, 3.8) is 0 Å². The number of nitrogens with one attached hydrogen (secondary N) is 1. The predicted octanol–water partition coefficient (Wildman–Crippen LogP) is 3.07. The number of carbonyl (C=O) groups excluding carboxylic acids is 1. The van der Waals surface area contributed by atoms with E-state index in [1.165, 1.54) is 0 Å². The zero-order valence-corrected chi connectivity index (χ0v) is 15.8. The van der Waals surface area contributed by atoms with Gasteiger partial charge >= 0.3 is 0 Å². The number of amides is 1. The normalized spacial score (nSPS) is 21.2. The van der Waals surface area contributed by atoms with Crippen LogP contribution in [-0.2, 0) is 0 Å². The minimum absolute atomic E-state index is 0.0203. The molecule has 0 saturated carbocycles. The fourth-order valence-corrected chi connectivity index (χ4v) is 3.25. The Morgan fingerprint density at radius 2 is 2.17 bits per heavy atom. The predicted molar refractivity (Wildman–Crippen MR) is 94.4 cm³/mol. The van der Waals surface area contributed by atoms with Crippen LogP contribution in [0.3, 0.4) is 0 Å². The second-order valence-corrected chi connectivity index (χ2v) is 6.67. The lowest BCUT2D eigenvalue weighted by Crippen LogP contribution is -2.57. The van der Waals surface area contributed by atoms with Gasteiger partial charge in [0.05, 0.1) is 18.2 Å². The molecule has 5 nitrogen and oxygen atoms in total. The molecule has 1 amide bonds. The highest BCUT2D eigenvalue weighted by Crippen LogP contribution is 2.37. The van der Waals surface area contributed by atoms with Crippen molar-refractivity contribution in [1.82, 2.24) is 10.2 Å². The average Bonchev–Trinajstić information content (AvgIpc) is 2.55. The lowest BCUT2D eigenvalue weighted by atomic mass is 10.0. The van der Waals surface area contributed by atoms with Crippen LogP contribution in [0.4, 0.5) is 0 Å². The summed E-state index contributed by atoms with van der Waals surface area (Å²) in [5, 5.41) is 3.39. The third-order valence-corrected chi connectivity index (χ3v) is 4.81. The maximum atomic E-state index is 12.9. The first-order chi connectivity index (χ1) is 11.0. The second-order valence-electron chi connectivity index (χ2n) is 5.82. The summed E-state index contributed by atoms with van der Waals surface area (Å²) in [5.41, 5.74) is 0.610. The van der Waals surface area contributed by atoms with Crippen LogP contribution in [-0.4, -0.2) is 49.7 Å². The Morgan fingerprint density at radius 3 is 2.83 bits per heavy atom. The van der Waals surface area contributed by atoms with Gasteiger partial charge in [-0.15, -0.1) is 0 Å². The summed E-state index contributed by atoms with van der Waals surface area (Å²) in [7, 11) is 1.59. The number of nitrogens with zero attached hydrogens (tertiary/aromatic N) is 1. The highest BCUT2D eigenvalue weighted by molar-refractivity contribution is 9.10. The standard InChI is InChI=1S/C17H25BrN2O3/c1-5-8-23-16-14(18)9-13(10-15(16)22-4)17(21)20-7-6-19-11(2)12(20)3/h9-12,19H,5-8H2,1-4H3. The van der Waals surface area contributed by atoms with Crippen molar-refractivity contribution in [1.29, 1.82) is 0 Å². The van der Waals surface area contributed by atoms with Crippen LogP contribution in [0, 0.1) is 0 Å². The molecule has 1 aliphatic heterocycles. The van der Waals surface area contributed by atoms with Crippen LogP contribution in [0.15, 0.2) is 16.6 Å². The molecule has 128 valence electrons. The van der Waals surface area contributed by atoms with Crippen LogP contribution >= 0.6 is 15.9 Å². The lowest BCUT2D eigenvalue weighted by Gasteiger charge is -2.38. The minimum Gasteiger partial charge on any atom is -0.493 e. The Labute approximate surface area is 146 Å². The molecule has 1 fully saturated rings. The number of halogens is 1. The number of methoxy groups -OCH3 is 1. The van der Waals surface area contributed by atoms with E-state index in [4.69, 9.17) is 9.47 Å². The number of piperazine rings is 1. The maximum Gasteiger partial charge on any atom is 0.254 e. The summed E-state index contributed by atoms with van der Waals surface area (Å²) in [6.07, 6.45) is 0.909. The van der Waals surface area contributed by atoms with Crippen LogP contribution in [0.1, 0.15) is 37.6 Å². The van der Waals surface area contributed by atoms with E-state index in [2.05, 4.69) is 35.1 Å². The largest absolute Gasteiger partial charge is 0.493 e. The smallest absolute Gasteiger partial charge is 0.254 e. The molecule has 2 rings (SSSR count). The first-order valence-corrected chi connectivity index (χ1v) is 8.83. The van der Waals surface area contributed by atoms with Gasteiger partial charge in [0.2, 0.25) is 0 Å². The molecular weight excluding hydrogens is 360 g/mol. The molecule has 0 radical (unpaired) electrons. The molecule has 1 saturated heterocycles. The molecule has 2 unspecified atom stereocenters. The molecule has 1 aromatic rings. The quantitative estimate of drug-likeness (QED) is 0.847. The third-order valence-electron chi connectivity index (χ3n) is 4.22. The molecule has 6 heteroatoms. The number of benzene rings is 1. The molecule has 0 bridgehead atoms. The maximum absolute atomic E-state index is 12.9. The lowest BCUT2D eigenvalue weighted by molar-refractivity contribution is 0.0602. The van der Waals surface area contributed by atoms with Crippen molar-refractivity contribution in [3.8, 4) is 11.5 Å². The number of carbonyl (C=O) groups is 1. The van der Waals surface area contributed by atoms with Crippen molar-refractivity contribution < 1.29 is 14.3 Å². The van der Waals surface area contributed by atoms with Crippen LogP contribution in [0.5, 0.6) is 11.5 Å². The topological polar surface area (TPSA) is 50.8 Å². The molecule has 1 heterocycles. The number of hydrogen-bond donors (Lipinski definition) is 1. The summed E-state index contributed by atoms with van der Waals surface area (Å²) in [4.78, 5) is 14.8. The molecular formula is C17H25BrN2O3. The van der Waals surface area contributed by atoms with E-state index in [1.54, 1.807) is 13.2 Å². The highest BCUT2D eigenvalue weighted by Gasteiger charge is 2.29. The van der Waals surface area contributed by atoms with E-state index in [0.29, 0.717) is 30.2 Å². The molecule has 0 spiro atoms. The van der Waals surface area contributed by atoms with Crippen LogP contribution in [0.25, 0.3) is 0 Å². The summed E-state index contributed by atoms with van der Waals surface area (Å²) >= 11 is 3.50. The van der Waals surface area contributed by atoms with Gasteiger partial charge in [0.15, 0.2) is 11.5 Å². The Morgan fingerprint density at radius 1 is 1.43 bits per heavy atom. The Balaban J connectivity index is 2.28. The molecule has 1 aromatic carbocycles. The zero-order valence-electron chi connectivity index (χ0n) is 14.2. The first kappa shape index (κ1) is 18.1. The van der Waals surface area contributed by atoms with E-state index < -0.39 is 0 Å². The summed E-state index contributed by atoms with van der Waals surface area (Å²) in [6.45, 7) is 8.34. The van der Waals surface area contributed by atoms with Gasteiger partial charge in [0.25, 0.3) is 5.91 Å². The van der Waals surface area contributed by atoms with Gasteiger partial charge < -0.3 is 19.7 Å². The summed E-state index contributed by atoms with van der Waals surface area (Å²) in [5.74, 6) is 1.24. The third kappa shape index (κ3) is 3.98. The van der Waals surface area contributed by atoms with E-state index in [9.17, 15) is 4.79 Å². The monoisotopic (exact) mass is 384 g/mol. The first-order valence-electron chi connectivity index (χ1n) is 8.04. The summed E-state index contributed by atoms with van der Waals surface area (Å²) < 4.78 is 11.9. The summed E-state index contributed by atoms with van der Waals surface area (Å²) in [6, 6.07) is 4.01.